The molecule has 0 aliphatic carbocycles. The second-order valence-corrected chi connectivity index (χ2v) is 7.36. The maximum absolute atomic E-state index is 12.8. The molecule has 2 N–H and O–H groups in total. The van der Waals surface area contributed by atoms with Gasteiger partial charge in [0.1, 0.15) is 11.3 Å². The number of carboxylic acids is 1. The van der Waals surface area contributed by atoms with E-state index in [4.69, 9.17) is 4.74 Å². The highest BCUT2D eigenvalue weighted by molar-refractivity contribution is 6.05. The number of pyridine rings is 1. The molecule has 1 heterocycles. The van der Waals surface area contributed by atoms with Crippen molar-refractivity contribution in [3.05, 3.63) is 72.1 Å². The minimum Gasteiger partial charge on any atom is -0.492 e. The first kappa shape index (κ1) is 20.3. The van der Waals surface area contributed by atoms with Crippen LogP contribution in [0.4, 0.5) is 0 Å². The van der Waals surface area contributed by atoms with E-state index in [2.05, 4.69) is 10.3 Å². The maximum atomic E-state index is 12.8. The summed E-state index contributed by atoms with van der Waals surface area (Å²) in [5.41, 5.74) is 0.0509. The van der Waals surface area contributed by atoms with E-state index < -0.39 is 17.4 Å². The summed E-state index contributed by atoms with van der Waals surface area (Å²) >= 11 is 0. The number of hydrogen-bond acceptors (Lipinski definition) is 4. The van der Waals surface area contributed by atoms with Crippen LogP contribution in [0.5, 0.6) is 5.75 Å². The Morgan fingerprint density at radius 1 is 1.10 bits per heavy atom. The summed E-state index contributed by atoms with van der Waals surface area (Å²) in [5.74, 6) is -1.12. The lowest BCUT2D eigenvalue weighted by molar-refractivity contribution is -0.143. The Morgan fingerprint density at radius 3 is 2.62 bits per heavy atom. The van der Waals surface area contributed by atoms with E-state index in [-0.39, 0.29) is 0 Å². The molecule has 3 aromatic rings. The highest BCUT2D eigenvalue weighted by atomic mass is 16.5. The third kappa shape index (κ3) is 4.90. The zero-order chi connectivity index (χ0) is 20.9. The van der Waals surface area contributed by atoms with Crippen molar-refractivity contribution in [2.45, 2.75) is 32.2 Å². The van der Waals surface area contributed by atoms with Gasteiger partial charge < -0.3 is 15.2 Å². The first-order valence-corrected chi connectivity index (χ1v) is 9.48. The molecule has 3 rings (SSSR count). The minimum absolute atomic E-state index is 0.319. The van der Waals surface area contributed by atoms with Gasteiger partial charge >= 0.3 is 5.97 Å². The number of aliphatic carboxylic acids is 1. The molecule has 0 saturated carbocycles. The average molecular weight is 392 g/mol. The maximum Gasteiger partial charge on any atom is 0.328 e. The summed E-state index contributed by atoms with van der Waals surface area (Å²) in [6.45, 7) is 3.32. The fraction of sp³-hybridized carbons (Fsp3) is 0.261. The molecule has 0 aliphatic heterocycles. The zero-order valence-corrected chi connectivity index (χ0v) is 16.5. The number of amides is 1. The van der Waals surface area contributed by atoms with Gasteiger partial charge in [0.15, 0.2) is 0 Å². The molecule has 0 fully saturated rings. The smallest absolute Gasteiger partial charge is 0.328 e. The van der Waals surface area contributed by atoms with E-state index in [1.807, 2.05) is 48.7 Å². The molecule has 1 aromatic heterocycles. The van der Waals surface area contributed by atoms with Gasteiger partial charge in [0.2, 0.25) is 0 Å². The van der Waals surface area contributed by atoms with E-state index in [9.17, 15) is 14.7 Å². The van der Waals surface area contributed by atoms with Crippen molar-refractivity contribution in [3.8, 4) is 5.75 Å². The van der Waals surface area contributed by atoms with Crippen molar-refractivity contribution in [1.29, 1.82) is 0 Å². The number of carbonyl (C=O) groups is 2. The molecular weight excluding hydrogens is 368 g/mol. The van der Waals surface area contributed by atoms with Crippen LogP contribution in [0.3, 0.4) is 0 Å². The van der Waals surface area contributed by atoms with Crippen molar-refractivity contribution >= 4 is 22.6 Å². The standard InChI is InChI=1S/C23H24N2O4/c1-23(2,22(27)28)25-21(26)19-12-11-17-9-3-4-10-18(17)20(19)29-14-6-8-16-7-5-13-24-15-16/h3-5,7,9-13,15H,6,8,14H2,1-2H3,(H,25,26)(H,27,28). The van der Waals surface area contributed by atoms with Crippen molar-refractivity contribution in [2.24, 2.45) is 0 Å². The third-order valence-electron chi connectivity index (χ3n) is 4.66. The van der Waals surface area contributed by atoms with Gasteiger partial charge in [-0.05, 0) is 49.8 Å². The first-order valence-electron chi connectivity index (χ1n) is 9.48. The van der Waals surface area contributed by atoms with Gasteiger partial charge in [-0.25, -0.2) is 4.79 Å². The second kappa shape index (κ2) is 8.73. The lowest BCUT2D eigenvalue weighted by atomic mass is 10.0. The molecule has 6 nitrogen and oxygen atoms in total. The Hall–Kier alpha value is -3.41. The fourth-order valence-corrected chi connectivity index (χ4v) is 2.98. The molecule has 6 heteroatoms. The number of carbonyl (C=O) groups excluding carboxylic acids is 1. The monoisotopic (exact) mass is 392 g/mol. The SMILES string of the molecule is CC(C)(NC(=O)c1ccc2ccccc2c1OCCCc1cccnc1)C(=O)O. The van der Waals surface area contributed by atoms with Crippen LogP contribution < -0.4 is 10.1 Å². The highest BCUT2D eigenvalue weighted by Crippen LogP contribution is 2.30. The van der Waals surface area contributed by atoms with E-state index in [0.717, 1.165) is 29.2 Å². The van der Waals surface area contributed by atoms with Crippen molar-refractivity contribution in [3.63, 3.8) is 0 Å². The number of rotatable bonds is 8. The lowest BCUT2D eigenvalue weighted by Crippen LogP contribution is -2.49. The number of nitrogens with zero attached hydrogens (tertiary/aromatic N) is 1. The number of aromatic nitrogens is 1. The Bertz CT molecular complexity index is 1020. The summed E-state index contributed by atoms with van der Waals surface area (Å²) in [5, 5.41) is 13.6. The summed E-state index contributed by atoms with van der Waals surface area (Å²) in [6.07, 6.45) is 5.13. The average Bonchev–Trinajstić information content (AvgIpc) is 2.71. The van der Waals surface area contributed by atoms with Gasteiger partial charge in [-0.1, -0.05) is 36.4 Å². The van der Waals surface area contributed by atoms with Crippen LogP contribution in [0, 0.1) is 0 Å². The quantitative estimate of drug-likeness (QED) is 0.569. The number of nitrogens with one attached hydrogen (secondary N) is 1. The normalized spacial score (nSPS) is 11.2. The van der Waals surface area contributed by atoms with Crippen LogP contribution in [0.1, 0.15) is 36.2 Å². The predicted octanol–water partition coefficient (Wildman–Crippen LogP) is 3.84. The van der Waals surface area contributed by atoms with Crippen LogP contribution in [0.25, 0.3) is 10.8 Å². The summed E-state index contributed by atoms with van der Waals surface area (Å²) in [6, 6.07) is 15.1. The molecule has 0 atom stereocenters. The zero-order valence-electron chi connectivity index (χ0n) is 16.5. The Labute approximate surface area is 169 Å². The Morgan fingerprint density at radius 2 is 1.90 bits per heavy atom. The number of ether oxygens (including phenoxy) is 1. The number of carboxylic acid groups (broad SMARTS) is 1. The van der Waals surface area contributed by atoms with Crippen LogP contribution in [-0.2, 0) is 11.2 Å². The van der Waals surface area contributed by atoms with Gasteiger partial charge in [-0.15, -0.1) is 0 Å². The predicted molar refractivity (Wildman–Crippen MR) is 111 cm³/mol. The molecule has 0 saturated heterocycles. The van der Waals surface area contributed by atoms with Crippen LogP contribution in [-0.4, -0.2) is 34.1 Å². The second-order valence-electron chi connectivity index (χ2n) is 7.36. The number of benzene rings is 2. The van der Waals surface area contributed by atoms with Crippen molar-refractivity contribution in [2.75, 3.05) is 6.61 Å². The number of hydrogen-bond donors (Lipinski definition) is 2. The molecule has 0 radical (unpaired) electrons. The van der Waals surface area contributed by atoms with E-state index in [1.54, 1.807) is 12.3 Å². The van der Waals surface area contributed by atoms with Gasteiger partial charge in [-0.3, -0.25) is 9.78 Å². The molecule has 29 heavy (non-hydrogen) atoms. The highest BCUT2D eigenvalue weighted by Gasteiger charge is 2.30. The largest absolute Gasteiger partial charge is 0.492 e. The molecule has 0 spiro atoms. The van der Waals surface area contributed by atoms with E-state index in [0.29, 0.717) is 17.9 Å². The van der Waals surface area contributed by atoms with Gasteiger partial charge in [0.05, 0.1) is 12.2 Å². The summed E-state index contributed by atoms with van der Waals surface area (Å²) < 4.78 is 6.04. The van der Waals surface area contributed by atoms with Gasteiger partial charge in [0, 0.05) is 17.8 Å². The van der Waals surface area contributed by atoms with Crippen molar-refractivity contribution < 1.29 is 19.4 Å². The molecule has 1 amide bonds. The molecule has 0 bridgehead atoms. The number of fused-ring (bicyclic) bond motifs is 1. The molecule has 2 aromatic carbocycles. The topological polar surface area (TPSA) is 88.5 Å². The lowest BCUT2D eigenvalue weighted by Gasteiger charge is -2.22. The van der Waals surface area contributed by atoms with E-state index in [1.165, 1.54) is 13.8 Å². The van der Waals surface area contributed by atoms with Crippen LogP contribution >= 0.6 is 0 Å². The molecule has 150 valence electrons. The van der Waals surface area contributed by atoms with Crippen LogP contribution in [0.15, 0.2) is 60.9 Å². The van der Waals surface area contributed by atoms with E-state index >= 15 is 0 Å². The van der Waals surface area contributed by atoms with Gasteiger partial charge in [0.25, 0.3) is 5.91 Å². The first-order chi connectivity index (χ1) is 13.9. The molecular formula is C23H24N2O4. The number of aryl methyl sites for hydroxylation is 1. The van der Waals surface area contributed by atoms with Crippen molar-refractivity contribution in [1.82, 2.24) is 10.3 Å². The summed E-state index contributed by atoms with van der Waals surface area (Å²) in [4.78, 5) is 28.3. The Balaban J connectivity index is 1.82. The summed E-state index contributed by atoms with van der Waals surface area (Å²) in [7, 11) is 0. The Kier molecular flexibility index (Phi) is 6.12. The molecule has 0 aliphatic rings. The fourth-order valence-electron chi connectivity index (χ4n) is 2.98. The molecule has 0 unspecified atom stereocenters. The minimum atomic E-state index is -1.39. The van der Waals surface area contributed by atoms with Gasteiger partial charge in [-0.2, -0.15) is 0 Å². The third-order valence-corrected chi connectivity index (χ3v) is 4.66. The van der Waals surface area contributed by atoms with Crippen LogP contribution in [0.2, 0.25) is 0 Å².